The number of thiazole rings is 1. The molecule has 80 valence electrons. The van der Waals surface area contributed by atoms with Crippen LogP contribution < -0.4 is 5.32 Å². The van der Waals surface area contributed by atoms with E-state index in [0.29, 0.717) is 0 Å². The third-order valence-electron chi connectivity index (χ3n) is 2.15. The first-order valence-corrected chi connectivity index (χ1v) is 5.92. The summed E-state index contributed by atoms with van der Waals surface area (Å²) in [5, 5.41) is 5.34. The fraction of sp³-hybridized carbons (Fsp3) is 0.400. The van der Waals surface area contributed by atoms with Crippen molar-refractivity contribution >= 4 is 11.3 Å². The van der Waals surface area contributed by atoms with E-state index >= 15 is 0 Å². The summed E-state index contributed by atoms with van der Waals surface area (Å²) in [6, 6.07) is 0. The van der Waals surface area contributed by atoms with E-state index in [1.165, 1.54) is 0 Å². The molecule has 2 heterocycles. The maximum absolute atomic E-state index is 4.31. The molecule has 0 atom stereocenters. The number of hydrogen-bond acceptors (Lipinski definition) is 4. The highest BCUT2D eigenvalue weighted by Gasteiger charge is 2.03. The van der Waals surface area contributed by atoms with Gasteiger partial charge in [0.2, 0.25) is 0 Å². The summed E-state index contributed by atoms with van der Waals surface area (Å²) in [6.07, 6.45) is 3.82. The molecule has 2 aromatic rings. The van der Waals surface area contributed by atoms with Crippen LogP contribution in [0.1, 0.15) is 18.4 Å². The molecule has 0 saturated carbocycles. The second-order valence-corrected chi connectivity index (χ2v) is 3.95. The molecule has 2 aromatic heterocycles. The molecule has 1 N–H and O–H groups in total. The normalized spacial score (nSPS) is 10.7. The SMILES string of the molecule is CCNCc1nccn1Cc1cscn1. The number of aromatic nitrogens is 3. The van der Waals surface area contributed by atoms with Crippen LogP contribution in [0.4, 0.5) is 0 Å². The molecule has 5 heteroatoms. The van der Waals surface area contributed by atoms with Crippen molar-refractivity contribution < 1.29 is 0 Å². The largest absolute Gasteiger partial charge is 0.328 e. The molecule has 0 aliphatic heterocycles. The van der Waals surface area contributed by atoms with E-state index in [9.17, 15) is 0 Å². The van der Waals surface area contributed by atoms with E-state index in [0.717, 1.165) is 31.2 Å². The second-order valence-electron chi connectivity index (χ2n) is 3.23. The average Bonchev–Trinajstić information content (AvgIpc) is 2.87. The molecule has 0 spiro atoms. The lowest BCUT2D eigenvalue weighted by Crippen LogP contribution is -2.16. The molecular weight excluding hydrogens is 208 g/mol. The van der Waals surface area contributed by atoms with E-state index in [-0.39, 0.29) is 0 Å². The zero-order chi connectivity index (χ0) is 10.5. The van der Waals surface area contributed by atoms with Gasteiger partial charge in [-0.25, -0.2) is 9.97 Å². The Hall–Kier alpha value is -1.20. The van der Waals surface area contributed by atoms with E-state index < -0.39 is 0 Å². The Morgan fingerprint density at radius 3 is 3.13 bits per heavy atom. The van der Waals surface area contributed by atoms with Crippen molar-refractivity contribution in [2.24, 2.45) is 0 Å². The minimum absolute atomic E-state index is 0.810. The number of nitrogens with zero attached hydrogens (tertiary/aromatic N) is 3. The van der Waals surface area contributed by atoms with Crippen LogP contribution >= 0.6 is 11.3 Å². The molecule has 0 aromatic carbocycles. The van der Waals surface area contributed by atoms with Gasteiger partial charge in [-0.15, -0.1) is 11.3 Å². The summed E-state index contributed by atoms with van der Waals surface area (Å²) in [4.78, 5) is 8.57. The lowest BCUT2D eigenvalue weighted by Gasteiger charge is -2.05. The Balaban J connectivity index is 2.04. The number of hydrogen-bond donors (Lipinski definition) is 1. The highest BCUT2D eigenvalue weighted by atomic mass is 32.1. The van der Waals surface area contributed by atoms with Crippen molar-refractivity contribution in [3.63, 3.8) is 0 Å². The Morgan fingerprint density at radius 2 is 2.40 bits per heavy atom. The lowest BCUT2D eigenvalue weighted by atomic mass is 10.4. The number of imidazole rings is 1. The standard InChI is InChI=1S/C10H14N4S/c1-2-11-5-10-12-3-4-14(10)6-9-7-15-8-13-9/h3-4,7-8,11H,2,5-6H2,1H3. The third-order valence-corrected chi connectivity index (χ3v) is 2.79. The first kappa shape index (κ1) is 10.3. The fourth-order valence-corrected chi connectivity index (χ4v) is 1.93. The van der Waals surface area contributed by atoms with E-state index in [2.05, 4.69) is 32.2 Å². The van der Waals surface area contributed by atoms with Gasteiger partial charge in [0.05, 0.1) is 24.3 Å². The van der Waals surface area contributed by atoms with Gasteiger partial charge in [-0.2, -0.15) is 0 Å². The molecule has 2 rings (SSSR count). The van der Waals surface area contributed by atoms with Gasteiger partial charge in [-0.05, 0) is 6.54 Å². The summed E-state index contributed by atoms with van der Waals surface area (Å²) < 4.78 is 2.12. The first-order chi connectivity index (χ1) is 7.40. The van der Waals surface area contributed by atoms with Crippen molar-refractivity contribution in [1.29, 1.82) is 0 Å². The minimum atomic E-state index is 0.810. The van der Waals surface area contributed by atoms with Crippen LogP contribution in [0.25, 0.3) is 0 Å². The van der Waals surface area contributed by atoms with Crippen LogP contribution in [0.5, 0.6) is 0 Å². The van der Waals surface area contributed by atoms with Crippen molar-refractivity contribution in [2.45, 2.75) is 20.0 Å². The van der Waals surface area contributed by atoms with Crippen LogP contribution in [0.3, 0.4) is 0 Å². The van der Waals surface area contributed by atoms with Gasteiger partial charge in [0.25, 0.3) is 0 Å². The molecule has 0 saturated heterocycles. The maximum Gasteiger partial charge on any atom is 0.123 e. The van der Waals surface area contributed by atoms with Crippen LogP contribution in [0.15, 0.2) is 23.3 Å². The smallest absolute Gasteiger partial charge is 0.123 e. The fourth-order valence-electron chi connectivity index (χ4n) is 1.38. The molecule has 4 nitrogen and oxygen atoms in total. The van der Waals surface area contributed by atoms with Crippen molar-refractivity contribution in [3.8, 4) is 0 Å². The summed E-state index contributed by atoms with van der Waals surface area (Å²) >= 11 is 1.62. The van der Waals surface area contributed by atoms with Crippen molar-refractivity contribution in [1.82, 2.24) is 19.9 Å². The van der Waals surface area contributed by atoms with Gasteiger partial charge in [0.1, 0.15) is 5.82 Å². The van der Waals surface area contributed by atoms with E-state index in [1.54, 1.807) is 11.3 Å². The summed E-state index contributed by atoms with van der Waals surface area (Å²) in [5.41, 5.74) is 2.95. The molecule has 0 radical (unpaired) electrons. The molecule has 0 aliphatic rings. The predicted molar refractivity (Wildman–Crippen MR) is 60.8 cm³/mol. The molecule has 15 heavy (non-hydrogen) atoms. The monoisotopic (exact) mass is 222 g/mol. The molecule has 0 bridgehead atoms. The quantitative estimate of drug-likeness (QED) is 0.833. The van der Waals surface area contributed by atoms with Crippen LogP contribution in [0.2, 0.25) is 0 Å². The third kappa shape index (κ3) is 2.64. The van der Waals surface area contributed by atoms with Gasteiger partial charge in [-0.3, -0.25) is 0 Å². The Kier molecular flexibility index (Phi) is 3.47. The predicted octanol–water partition coefficient (Wildman–Crippen LogP) is 1.50. The molecular formula is C10H14N4S. The molecule has 0 aliphatic carbocycles. The summed E-state index contributed by atoms with van der Waals surface area (Å²) in [7, 11) is 0. The van der Waals surface area contributed by atoms with Gasteiger partial charge in [-0.1, -0.05) is 6.92 Å². The van der Waals surface area contributed by atoms with Crippen molar-refractivity contribution in [3.05, 3.63) is 34.8 Å². The average molecular weight is 222 g/mol. The summed E-state index contributed by atoms with van der Waals surface area (Å²) in [6.45, 7) is 4.68. The number of rotatable bonds is 5. The van der Waals surface area contributed by atoms with E-state index in [4.69, 9.17) is 0 Å². The Morgan fingerprint density at radius 1 is 1.47 bits per heavy atom. The minimum Gasteiger partial charge on any atom is -0.328 e. The zero-order valence-corrected chi connectivity index (χ0v) is 9.50. The topological polar surface area (TPSA) is 42.7 Å². The van der Waals surface area contributed by atoms with Crippen molar-refractivity contribution in [2.75, 3.05) is 6.54 Å². The first-order valence-electron chi connectivity index (χ1n) is 4.98. The lowest BCUT2D eigenvalue weighted by molar-refractivity contribution is 0.635. The number of nitrogens with one attached hydrogen (secondary N) is 1. The van der Waals surface area contributed by atoms with Gasteiger partial charge >= 0.3 is 0 Å². The molecule has 0 fully saturated rings. The highest BCUT2D eigenvalue weighted by molar-refractivity contribution is 7.07. The van der Waals surface area contributed by atoms with Gasteiger partial charge in [0.15, 0.2) is 0 Å². The maximum atomic E-state index is 4.31. The summed E-state index contributed by atoms with van der Waals surface area (Å²) in [5.74, 6) is 1.06. The van der Waals surface area contributed by atoms with Crippen LogP contribution in [0, 0.1) is 0 Å². The highest BCUT2D eigenvalue weighted by Crippen LogP contribution is 2.06. The Labute approximate surface area is 93.0 Å². The molecule has 0 unspecified atom stereocenters. The van der Waals surface area contributed by atoms with Gasteiger partial charge < -0.3 is 9.88 Å². The van der Waals surface area contributed by atoms with Crippen LogP contribution in [-0.2, 0) is 13.1 Å². The Bertz CT molecular complexity index is 393. The molecule has 0 amide bonds. The van der Waals surface area contributed by atoms with Gasteiger partial charge in [0, 0.05) is 17.8 Å². The second kappa shape index (κ2) is 5.04. The van der Waals surface area contributed by atoms with Crippen LogP contribution in [-0.4, -0.2) is 21.1 Å². The zero-order valence-electron chi connectivity index (χ0n) is 8.68. The van der Waals surface area contributed by atoms with E-state index in [1.807, 2.05) is 17.9 Å².